The van der Waals surface area contributed by atoms with Gasteiger partial charge in [0.25, 0.3) is 10.1 Å². The average molecular weight is 368 g/mol. The predicted octanol–water partition coefficient (Wildman–Crippen LogP) is -1.93. The van der Waals surface area contributed by atoms with Gasteiger partial charge in [-0.15, -0.1) is 0 Å². The van der Waals surface area contributed by atoms with Crippen LogP contribution in [0.4, 0.5) is 0 Å². The molecule has 0 aliphatic carbocycles. The summed E-state index contributed by atoms with van der Waals surface area (Å²) in [6.07, 6.45) is -2.29. The lowest BCUT2D eigenvalue weighted by Gasteiger charge is -2.18. The maximum Gasteiger partial charge on any atom is 0.336 e. The number of carbonyl (C=O) groups is 3. The van der Waals surface area contributed by atoms with Crippen LogP contribution in [0.1, 0.15) is 12.8 Å². The van der Waals surface area contributed by atoms with E-state index in [0.29, 0.717) is 0 Å². The van der Waals surface area contributed by atoms with Crippen LogP contribution < -0.4 is 24.2 Å². The van der Waals surface area contributed by atoms with E-state index in [1.165, 1.54) is 0 Å². The van der Waals surface area contributed by atoms with Crippen LogP contribution in [0.5, 0.6) is 0 Å². The molecule has 0 aliphatic rings. The molecule has 0 bridgehead atoms. The van der Waals surface area contributed by atoms with Crippen molar-refractivity contribution in [3.63, 3.8) is 0 Å². The van der Waals surface area contributed by atoms with Gasteiger partial charge in [-0.1, -0.05) is 0 Å². The minimum atomic E-state index is -3.80. The van der Waals surface area contributed by atoms with Crippen LogP contribution in [0.25, 0.3) is 0 Å². The van der Waals surface area contributed by atoms with Gasteiger partial charge in [0, 0.05) is 6.54 Å². The summed E-state index contributed by atoms with van der Waals surface area (Å²) in [5.41, 5.74) is 2.04. The van der Waals surface area contributed by atoms with Crippen molar-refractivity contribution >= 4 is 28.0 Å². The van der Waals surface area contributed by atoms with Gasteiger partial charge in [-0.3, -0.25) is 14.1 Å². The number of aliphatic carboxylic acids is 3. The van der Waals surface area contributed by atoms with Crippen molar-refractivity contribution in [2.24, 2.45) is 5.73 Å². The van der Waals surface area contributed by atoms with Gasteiger partial charge in [-0.05, 0) is 0 Å². The number of hydrogen-bond donors (Lipinski definition) is 9. The van der Waals surface area contributed by atoms with Crippen LogP contribution in [-0.2, 0) is 24.5 Å². The molecule has 0 aromatic carbocycles. The second-order valence-electron chi connectivity index (χ2n) is 3.55. The molecule has 15 heteroatoms. The van der Waals surface area contributed by atoms with Crippen molar-refractivity contribution in [2.75, 3.05) is 12.3 Å². The van der Waals surface area contributed by atoms with Gasteiger partial charge in [0.2, 0.25) is 0 Å². The zero-order chi connectivity index (χ0) is 16.6. The molecular formula is C8H24N4O10S. The van der Waals surface area contributed by atoms with E-state index in [2.05, 4.69) is 0 Å². The quantitative estimate of drug-likeness (QED) is 0.221. The SMILES string of the molecule is N.N.N.NCCS(=O)(=O)O.O=C(O)CC(O)(CC(=O)O)C(=O)O. The van der Waals surface area contributed by atoms with Gasteiger partial charge in [-0.2, -0.15) is 8.42 Å². The lowest BCUT2D eigenvalue weighted by Crippen LogP contribution is -2.42. The van der Waals surface area contributed by atoms with E-state index in [1.54, 1.807) is 0 Å². The van der Waals surface area contributed by atoms with E-state index < -0.39 is 46.5 Å². The predicted molar refractivity (Wildman–Crippen MR) is 77.6 cm³/mol. The van der Waals surface area contributed by atoms with E-state index in [4.69, 9.17) is 30.7 Å². The van der Waals surface area contributed by atoms with Crippen LogP contribution in [-0.4, -0.2) is 69.2 Å². The Bertz CT molecular complexity index is 449. The number of carboxylic acid groups (broad SMARTS) is 3. The van der Waals surface area contributed by atoms with Crippen LogP contribution in [0.15, 0.2) is 0 Å². The van der Waals surface area contributed by atoms with Crippen molar-refractivity contribution in [3.8, 4) is 0 Å². The lowest BCUT2D eigenvalue weighted by atomic mass is 9.96. The summed E-state index contributed by atoms with van der Waals surface area (Å²) in [5.74, 6) is -5.37. The number of rotatable bonds is 7. The first-order valence-corrected chi connectivity index (χ1v) is 6.49. The summed E-state index contributed by atoms with van der Waals surface area (Å²) in [6.45, 7) is -0.0289. The molecule has 23 heavy (non-hydrogen) atoms. The van der Waals surface area contributed by atoms with Crippen molar-refractivity contribution < 1.29 is 47.8 Å². The van der Waals surface area contributed by atoms with E-state index in [9.17, 15) is 22.8 Å². The van der Waals surface area contributed by atoms with Crippen molar-refractivity contribution in [1.82, 2.24) is 18.5 Å². The standard InChI is InChI=1S/C6H8O7.C2H7NO3S.3H3N/c7-3(8)1-6(13,5(11)12)2-4(9)10;3-1-2-7(4,5)6;;;/h13H,1-2H2,(H,7,8)(H,9,10)(H,11,12);1-3H2,(H,4,5,6);3*1H3. The van der Waals surface area contributed by atoms with Gasteiger partial charge in [0.1, 0.15) is 0 Å². The smallest absolute Gasteiger partial charge is 0.336 e. The summed E-state index contributed by atoms with van der Waals surface area (Å²) in [4.78, 5) is 30.5. The summed E-state index contributed by atoms with van der Waals surface area (Å²) < 4.78 is 27.3. The highest BCUT2D eigenvalue weighted by atomic mass is 32.2. The summed E-state index contributed by atoms with van der Waals surface area (Å²) in [7, 11) is -3.80. The molecule has 0 rings (SSSR count). The first-order valence-electron chi connectivity index (χ1n) is 4.88. The van der Waals surface area contributed by atoms with Gasteiger partial charge in [0.05, 0.1) is 18.6 Å². The fraction of sp³-hybridized carbons (Fsp3) is 0.625. The highest BCUT2D eigenvalue weighted by Gasteiger charge is 2.40. The van der Waals surface area contributed by atoms with Crippen LogP contribution in [0.3, 0.4) is 0 Å². The Morgan fingerprint density at radius 1 is 0.913 bits per heavy atom. The first kappa shape index (κ1) is 32.9. The van der Waals surface area contributed by atoms with Crippen molar-refractivity contribution in [2.45, 2.75) is 18.4 Å². The topological polar surface area (TPSA) is 318 Å². The second-order valence-corrected chi connectivity index (χ2v) is 5.12. The van der Waals surface area contributed by atoms with E-state index in [-0.39, 0.29) is 30.7 Å². The molecule has 0 fully saturated rings. The third-order valence-electron chi connectivity index (χ3n) is 1.66. The molecule has 16 N–H and O–H groups in total. The summed E-state index contributed by atoms with van der Waals surface area (Å²) in [6, 6.07) is 0. The van der Waals surface area contributed by atoms with Gasteiger partial charge in [0.15, 0.2) is 5.60 Å². The van der Waals surface area contributed by atoms with Crippen LogP contribution in [0.2, 0.25) is 0 Å². The summed E-state index contributed by atoms with van der Waals surface area (Å²) in [5, 5.41) is 33.8. The monoisotopic (exact) mass is 368 g/mol. The van der Waals surface area contributed by atoms with E-state index >= 15 is 0 Å². The van der Waals surface area contributed by atoms with Gasteiger partial charge >= 0.3 is 17.9 Å². The molecule has 142 valence electrons. The van der Waals surface area contributed by atoms with E-state index in [1.807, 2.05) is 0 Å². The third kappa shape index (κ3) is 20.1. The molecule has 0 atom stereocenters. The fourth-order valence-electron chi connectivity index (χ4n) is 0.863. The maximum absolute atomic E-state index is 10.3. The Kier molecular flexibility index (Phi) is 19.7. The molecule has 0 heterocycles. The van der Waals surface area contributed by atoms with E-state index in [0.717, 1.165) is 0 Å². The third-order valence-corrected chi connectivity index (χ3v) is 2.41. The molecule has 0 aromatic rings. The molecule has 0 spiro atoms. The summed E-state index contributed by atoms with van der Waals surface area (Å²) >= 11 is 0. The van der Waals surface area contributed by atoms with Crippen molar-refractivity contribution in [1.29, 1.82) is 0 Å². The number of nitrogens with two attached hydrogens (primary N) is 1. The molecular weight excluding hydrogens is 344 g/mol. The highest BCUT2D eigenvalue weighted by molar-refractivity contribution is 7.85. The Hall–Kier alpha value is -1.88. The molecule has 0 unspecified atom stereocenters. The van der Waals surface area contributed by atoms with Gasteiger partial charge < -0.3 is 44.6 Å². The molecule has 0 aromatic heterocycles. The zero-order valence-corrected chi connectivity index (χ0v) is 13.0. The minimum absolute atomic E-state index is 0. The molecule has 0 aliphatic heterocycles. The fourth-order valence-corrected chi connectivity index (χ4v) is 1.16. The molecule has 0 saturated carbocycles. The number of carboxylic acids is 3. The first-order chi connectivity index (χ1) is 8.84. The normalized spacial score (nSPS) is 9.70. The number of hydrogen-bond acceptors (Lipinski definition) is 10. The molecule has 14 nitrogen and oxygen atoms in total. The Balaban J connectivity index is -0.0000000945. The Morgan fingerprint density at radius 3 is 1.30 bits per heavy atom. The average Bonchev–Trinajstić information content (AvgIpc) is 2.12. The van der Waals surface area contributed by atoms with Crippen LogP contribution in [0, 0.1) is 0 Å². The van der Waals surface area contributed by atoms with Crippen LogP contribution >= 0.6 is 0 Å². The Morgan fingerprint density at radius 2 is 1.22 bits per heavy atom. The zero-order valence-electron chi connectivity index (χ0n) is 12.2. The molecule has 0 saturated heterocycles. The molecule has 0 amide bonds. The minimum Gasteiger partial charge on any atom is -0.481 e. The largest absolute Gasteiger partial charge is 0.481 e. The maximum atomic E-state index is 10.3. The lowest BCUT2D eigenvalue weighted by molar-refractivity contribution is -0.170. The highest BCUT2D eigenvalue weighted by Crippen LogP contribution is 2.15. The van der Waals surface area contributed by atoms with Gasteiger partial charge in [-0.25, -0.2) is 4.79 Å². The van der Waals surface area contributed by atoms with Crippen molar-refractivity contribution in [3.05, 3.63) is 0 Å². The Labute approximate surface area is 131 Å². The second kappa shape index (κ2) is 13.8. The molecule has 0 radical (unpaired) electrons. The number of aliphatic hydroxyl groups is 1.